The highest BCUT2D eigenvalue weighted by atomic mass is 35.5. The Morgan fingerprint density at radius 3 is 2.39 bits per heavy atom. The summed E-state index contributed by atoms with van der Waals surface area (Å²) >= 11 is 5.55. The van der Waals surface area contributed by atoms with Crippen molar-refractivity contribution in [1.82, 2.24) is 0 Å². The lowest BCUT2D eigenvalue weighted by atomic mass is 10.1. The van der Waals surface area contributed by atoms with Crippen molar-refractivity contribution in [2.45, 2.75) is 13.0 Å². The van der Waals surface area contributed by atoms with Gasteiger partial charge in [-0.3, -0.25) is 4.79 Å². The van der Waals surface area contributed by atoms with Gasteiger partial charge in [-0.05, 0) is 43.3 Å². The van der Waals surface area contributed by atoms with Crippen molar-refractivity contribution in [3.63, 3.8) is 0 Å². The number of nitrogens with one attached hydrogen (secondary N) is 1. The van der Waals surface area contributed by atoms with Crippen LogP contribution in [0.5, 0.6) is 0 Å². The van der Waals surface area contributed by atoms with Crippen molar-refractivity contribution in [1.29, 1.82) is 0 Å². The summed E-state index contributed by atoms with van der Waals surface area (Å²) in [6.45, 7) is 2.93. The smallest absolute Gasteiger partial charge is 0.258 e. The summed E-state index contributed by atoms with van der Waals surface area (Å²) < 4.78 is 0. The van der Waals surface area contributed by atoms with E-state index in [-0.39, 0.29) is 11.8 Å². The number of nitrogens with zero attached hydrogens (tertiary/aromatic N) is 1. The summed E-state index contributed by atoms with van der Waals surface area (Å²) in [4.78, 5) is 14.4. The molecule has 1 atom stereocenters. The average molecular weight is 333 g/mol. The molecular weight excluding hydrogens is 312 g/mol. The molecule has 0 aliphatic carbocycles. The Bertz CT molecular complexity index is 617. The number of alkyl halides is 1. The standard InChI is InChI=1S/C18H21ClN2O2/c1-2-21(16-6-4-3-5-7-16)18(23)14-8-10-15(11-9-14)20-13-17(22)12-19/h3-11,17,20,22H,2,12-13H2,1H3. The van der Waals surface area contributed by atoms with Crippen LogP contribution in [0.15, 0.2) is 54.6 Å². The third-order valence-corrected chi connectivity index (χ3v) is 3.84. The summed E-state index contributed by atoms with van der Waals surface area (Å²) in [5.41, 5.74) is 2.35. The van der Waals surface area contributed by atoms with Gasteiger partial charge in [0.05, 0.1) is 12.0 Å². The van der Waals surface area contributed by atoms with E-state index < -0.39 is 6.10 Å². The molecule has 2 rings (SSSR count). The largest absolute Gasteiger partial charge is 0.390 e. The minimum Gasteiger partial charge on any atom is -0.390 e. The highest BCUT2D eigenvalue weighted by molar-refractivity contribution is 6.18. The molecule has 0 aromatic heterocycles. The van der Waals surface area contributed by atoms with Gasteiger partial charge in [-0.2, -0.15) is 0 Å². The fourth-order valence-corrected chi connectivity index (χ4v) is 2.34. The molecular formula is C18H21ClN2O2. The van der Waals surface area contributed by atoms with Crippen molar-refractivity contribution in [3.05, 3.63) is 60.2 Å². The van der Waals surface area contributed by atoms with E-state index in [1.54, 1.807) is 17.0 Å². The Morgan fingerprint density at radius 1 is 1.17 bits per heavy atom. The highest BCUT2D eigenvalue weighted by Crippen LogP contribution is 2.18. The Balaban J connectivity index is 2.07. The molecule has 0 heterocycles. The maximum atomic E-state index is 12.6. The molecule has 5 heteroatoms. The van der Waals surface area contributed by atoms with Gasteiger partial charge < -0.3 is 15.3 Å². The molecule has 23 heavy (non-hydrogen) atoms. The van der Waals surface area contributed by atoms with E-state index >= 15 is 0 Å². The van der Waals surface area contributed by atoms with Crippen LogP contribution >= 0.6 is 11.6 Å². The van der Waals surface area contributed by atoms with Gasteiger partial charge >= 0.3 is 0 Å². The molecule has 0 fully saturated rings. The summed E-state index contributed by atoms with van der Waals surface area (Å²) in [5.74, 6) is 0.151. The van der Waals surface area contributed by atoms with E-state index in [0.717, 1.165) is 11.4 Å². The van der Waals surface area contributed by atoms with Crippen LogP contribution in [0.4, 0.5) is 11.4 Å². The molecule has 0 spiro atoms. The first-order valence-corrected chi connectivity index (χ1v) is 8.14. The SMILES string of the molecule is CCN(C(=O)c1ccc(NCC(O)CCl)cc1)c1ccccc1. The van der Waals surface area contributed by atoms with Crippen LogP contribution in [0, 0.1) is 0 Å². The topological polar surface area (TPSA) is 52.6 Å². The molecule has 0 saturated heterocycles. The lowest BCUT2D eigenvalue weighted by molar-refractivity contribution is 0.0988. The summed E-state index contributed by atoms with van der Waals surface area (Å²) in [5, 5.41) is 12.5. The molecule has 0 bridgehead atoms. The van der Waals surface area contributed by atoms with E-state index in [9.17, 15) is 9.90 Å². The second kappa shape index (κ2) is 8.56. The van der Waals surface area contributed by atoms with Crippen molar-refractivity contribution in [2.24, 2.45) is 0 Å². The van der Waals surface area contributed by atoms with Crippen LogP contribution in [0.25, 0.3) is 0 Å². The quantitative estimate of drug-likeness (QED) is 0.764. The maximum Gasteiger partial charge on any atom is 0.258 e. The van der Waals surface area contributed by atoms with Crippen molar-refractivity contribution in [3.8, 4) is 0 Å². The Morgan fingerprint density at radius 2 is 1.83 bits per heavy atom. The van der Waals surface area contributed by atoms with Crippen molar-refractivity contribution < 1.29 is 9.90 Å². The highest BCUT2D eigenvalue weighted by Gasteiger charge is 2.15. The van der Waals surface area contributed by atoms with E-state index in [1.165, 1.54) is 0 Å². The number of halogens is 1. The van der Waals surface area contributed by atoms with Gasteiger partial charge in [-0.1, -0.05) is 18.2 Å². The van der Waals surface area contributed by atoms with Crippen LogP contribution in [-0.4, -0.2) is 36.1 Å². The van der Waals surface area contributed by atoms with Crippen LogP contribution in [0.1, 0.15) is 17.3 Å². The zero-order valence-corrected chi connectivity index (χ0v) is 13.8. The van der Waals surface area contributed by atoms with E-state index in [0.29, 0.717) is 18.7 Å². The second-order valence-corrected chi connectivity index (χ2v) is 5.46. The first-order chi connectivity index (χ1) is 11.2. The van der Waals surface area contributed by atoms with Gasteiger partial charge in [0.1, 0.15) is 0 Å². The molecule has 0 radical (unpaired) electrons. The number of carbonyl (C=O) groups is 1. The Kier molecular flexibility index (Phi) is 6.44. The summed E-state index contributed by atoms with van der Waals surface area (Å²) in [6, 6.07) is 16.8. The van der Waals surface area contributed by atoms with Crippen LogP contribution in [0.2, 0.25) is 0 Å². The number of hydrogen-bond acceptors (Lipinski definition) is 3. The molecule has 4 nitrogen and oxygen atoms in total. The number of hydrogen-bond donors (Lipinski definition) is 2. The first-order valence-electron chi connectivity index (χ1n) is 7.60. The molecule has 1 unspecified atom stereocenters. The van der Waals surface area contributed by atoms with Crippen molar-refractivity contribution in [2.75, 3.05) is 29.2 Å². The van der Waals surface area contributed by atoms with E-state index in [4.69, 9.17) is 11.6 Å². The summed E-state index contributed by atoms with van der Waals surface area (Å²) in [6.07, 6.45) is -0.591. The number of benzene rings is 2. The summed E-state index contributed by atoms with van der Waals surface area (Å²) in [7, 11) is 0. The minimum absolute atomic E-state index is 0.0361. The number of anilines is 2. The van der Waals surface area contributed by atoms with E-state index in [1.807, 2.05) is 49.4 Å². The van der Waals surface area contributed by atoms with Gasteiger partial charge in [-0.25, -0.2) is 0 Å². The lowest BCUT2D eigenvalue weighted by Crippen LogP contribution is -2.30. The number of aliphatic hydroxyl groups excluding tert-OH is 1. The predicted molar refractivity (Wildman–Crippen MR) is 95.5 cm³/mol. The van der Waals surface area contributed by atoms with Crippen molar-refractivity contribution >= 4 is 28.9 Å². The molecule has 1 amide bonds. The number of aliphatic hydroxyl groups is 1. The number of rotatable bonds is 7. The fourth-order valence-electron chi connectivity index (χ4n) is 2.23. The predicted octanol–water partition coefficient (Wildman–Crippen LogP) is 3.36. The third kappa shape index (κ3) is 4.71. The number of para-hydroxylation sites is 1. The number of amides is 1. The Labute approximate surface area is 141 Å². The van der Waals surface area contributed by atoms with Crippen LogP contribution in [0.3, 0.4) is 0 Å². The molecule has 122 valence electrons. The molecule has 2 N–H and O–H groups in total. The number of carbonyl (C=O) groups excluding carboxylic acids is 1. The van der Waals surface area contributed by atoms with E-state index in [2.05, 4.69) is 5.32 Å². The Hall–Kier alpha value is -2.04. The maximum absolute atomic E-state index is 12.6. The van der Waals surface area contributed by atoms with Gasteiger partial charge in [0.2, 0.25) is 0 Å². The molecule has 2 aromatic carbocycles. The van der Waals surface area contributed by atoms with Gasteiger partial charge in [-0.15, -0.1) is 11.6 Å². The minimum atomic E-state index is -0.591. The molecule has 0 aliphatic heterocycles. The molecule has 2 aromatic rings. The normalized spacial score (nSPS) is 11.8. The van der Waals surface area contributed by atoms with Crippen LogP contribution < -0.4 is 10.2 Å². The van der Waals surface area contributed by atoms with Crippen LogP contribution in [-0.2, 0) is 0 Å². The second-order valence-electron chi connectivity index (χ2n) is 5.15. The third-order valence-electron chi connectivity index (χ3n) is 3.48. The molecule has 0 aliphatic rings. The van der Waals surface area contributed by atoms with Gasteiger partial charge in [0.25, 0.3) is 5.91 Å². The fraction of sp³-hybridized carbons (Fsp3) is 0.278. The molecule has 0 saturated carbocycles. The monoisotopic (exact) mass is 332 g/mol. The van der Waals surface area contributed by atoms with Gasteiger partial charge in [0, 0.05) is 30.0 Å². The zero-order valence-electron chi connectivity index (χ0n) is 13.1. The first kappa shape index (κ1) is 17.3. The zero-order chi connectivity index (χ0) is 16.7. The average Bonchev–Trinajstić information content (AvgIpc) is 2.61. The van der Waals surface area contributed by atoms with Gasteiger partial charge in [0.15, 0.2) is 0 Å². The lowest BCUT2D eigenvalue weighted by Gasteiger charge is -2.21.